The van der Waals surface area contributed by atoms with Gasteiger partial charge in [0.1, 0.15) is 5.82 Å². The Morgan fingerprint density at radius 2 is 1.61 bits per heavy atom. The summed E-state index contributed by atoms with van der Waals surface area (Å²) in [5.74, 6) is 0.734. The van der Waals surface area contributed by atoms with E-state index in [1.54, 1.807) is 47.5 Å². The van der Waals surface area contributed by atoms with Gasteiger partial charge in [0.05, 0.1) is 11.1 Å². The zero-order chi connectivity index (χ0) is 25.3. The molecule has 2 aromatic heterocycles. The van der Waals surface area contributed by atoms with E-state index in [1.807, 2.05) is 6.07 Å². The standard InChI is InChI=1S/C26H21ClF3N5O/c27-19-7-9-32-24(16-19)34-11-13-35(14-12-34)25(36)17-1-4-20(5-2-17)33-22-8-10-31-23-15-18(26(28,29)30)3-6-21(22)23/h1-10,15-16H,11-14H2,(H,31,33). The zero-order valence-electron chi connectivity index (χ0n) is 19.0. The molecule has 0 atom stereocenters. The Morgan fingerprint density at radius 3 is 2.31 bits per heavy atom. The number of carbonyl (C=O) groups excluding carboxylic acids is 1. The van der Waals surface area contributed by atoms with Crippen LogP contribution in [0.4, 0.5) is 30.4 Å². The third-order valence-corrected chi connectivity index (χ3v) is 6.31. The Hall–Kier alpha value is -3.85. The number of hydrogen-bond acceptors (Lipinski definition) is 5. The molecule has 10 heteroatoms. The quantitative estimate of drug-likeness (QED) is 0.364. The summed E-state index contributed by atoms with van der Waals surface area (Å²) in [5, 5.41) is 4.40. The summed E-state index contributed by atoms with van der Waals surface area (Å²) in [6.07, 6.45) is -1.30. The molecule has 1 aliphatic heterocycles. The predicted molar refractivity (Wildman–Crippen MR) is 134 cm³/mol. The lowest BCUT2D eigenvalue weighted by molar-refractivity contribution is -0.137. The molecule has 6 nitrogen and oxygen atoms in total. The number of nitrogens with one attached hydrogen (secondary N) is 1. The third kappa shape index (κ3) is 5.06. The van der Waals surface area contributed by atoms with Gasteiger partial charge in [0, 0.05) is 65.9 Å². The molecule has 2 aromatic carbocycles. The SMILES string of the molecule is O=C(c1ccc(Nc2ccnc3cc(C(F)(F)F)ccc23)cc1)N1CCN(c2cc(Cl)ccn2)CC1. The number of hydrogen-bond donors (Lipinski definition) is 1. The largest absolute Gasteiger partial charge is 0.416 e. The maximum atomic E-state index is 13.0. The van der Waals surface area contributed by atoms with Gasteiger partial charge < -0.3 is 15.1 Å². The highest BCUT2D eigenvalue weighted by Crippen LogP contribution is 2.33. The summed E-state index contributed by atoms with van der Waals surface area (Å²) < 4.78 is 39.1. The average molecular weight is 512 g/mol. The smallest absolute Gasteiger partial charge is 0.355 e. The molecule has 36 heavy (non-hydrogen) atoms. The summed E-state index contributed by atoms with van der Waals surface area (Å²) in [6.45, 7) is 2.44. The number of anilines is 3. The van der Waals surface area contributed by atoms with Gasteiger partial charge in [-0.1, -0.05) is 17.7 Å². The fourth-order valence-corrected chi connectivity index (χ4v) is 4.33. The Morgan fingerprint density at radius 1 is 0.889 bits per heavy atom. The van der Waals surface area contributed by atoms with Gasteiger partial charge in [-0.3, -0.25) is 9.78 Å². The van der Waals surface area contributed by atoms with E-state index >= 15 is 0 Å². The highest BCUT2D eigenvalue weighted by atomic mass is 35.5. The van der Waals surface area contributed by atoms with Crippen LogP contribution < -0.4 is 10.2 Å². The van der Waals surface area contributed by atoms with Crippen LogP contribution >= 0.6 is 11.6 Å². The van der Waals surface area contributed by atoms with Gasteiger partial charge in [-0.2, -0.15) is 13.2 Å². The van der Waals surface area contributed by atoms with E-state index < -0.39 is 11.7 Å². The molecule has 1 amide bonds. The maximum Gasteiger partial charge on any atom is 0.416 e. The summed E-state index contributed by atoms with van der Waals surface area (Å²) in [4.78, 5) is 25.3. The summed E-state index contributed by atoms with van der Waals surface area (Å²) >= 11 is 6.06. The predicted octanol–water partition coefficient (Wildman–Crippen LogP) is 6.01. The van der Waals surface area contributed by atoms with Crippen LogP contribution in [0.2, 0.25) is 5.02 Å². The highest BCUT2D eigenvalue weighted by Gasteiger charge is 2.30. The number of pyridine rings is 2. The van der Waals surface area contributed by atoms with Gasteiger partial charge in [-0.25, -0.2) is 4.98 Å². The van der Waals surface area contributed by atoms with Crippen LogP contribution in [0.5, 0.6) is 0 Å². The first-order valence-corrected chi connectivity index (χ1v) is 11.6. The number of amides is 1. The van der Waals surface area contributed by atoms with Gasteiger partial charge >= 0.3 is 6.18 Å². The van der Waals surface area contributed by atoms with Crippen molar-refractivity contribution in [2.24, 2.45) is 0 Å². The zero-order valence-corrected chi connectivity index (χ0v) is 19.7. The van der Waals surface area contributed by atoms with Crippen LogP contribution in [-0.2, 0) is 6.18 Å². The first kappa shape index (κ1) is 23.9. The lowest BCUT2D eigenvalue weighted by Crippen LogP contribution is -2.49. The second-order valence-electron chi connectivity index (χ2n) is 8.40. The van der Waals surface area contributed by atoms with Crippen molar-refractivity contribution in [1.29, 1.82) is 0 Å². The van der Waals surface area contributed by atoms with E-state index in [4.69, 9.17) is 11.6 Å². The lowest BCUT2D eigenvalue weighted by atomic mass is 10.1. The first-order valence-electron chi connectivity index (χ1n) is 11.3. The molecule has 1 N–H and O–H groups in total. The minimum atomic E-state index is -4.43. The van der Waals surface area contributed by atoms with Crippen molar-refractivity contribution in [2.45, 2.75) is 6.18 Å². The van der Waals surface area contributed by atoms with Crippen molar-refractivity contribution in [3.8, 4) is 0 Å². The highest BCUT2D eigenvalue weighted by molar-refractivity contribution is 6.30. The molecular formula is C26H21ClF3N5O. The number of piperazine rings is 1. The van der Waals surface area contributed by atoms with E-state index in [-0.39, 0.29) is 11.4 Å². The van der Waals surface area contributed by atoms with Crippen molar-refractivity contribution >= 4 is 45.6 Å². The third-order valence-electron chi connectivity index (χ3n) is 6.08. The maximum absolute atomic E-state index is 13.0. The number of benzene rings is 2. The van der Waals surface area contributed by atoms with Gasteiger partial charge in [0.25, 0.3) is 5.91 Å². The summed E-state index contributed by atoms with van der Waals surface area (Å²) in [5.41, 5.74) is 1.39. The average Bonchev–Trinajstić information content (AvgIpc) is 2.88. The van der Waals surface area contributed by atoms with Crippen LogP contribution in [0.1, 0.15) is 15.9 Å². The Labute approximate surface area is 210 Å². The van der Waals surface area contributed by atoms with Crippen LogP contribution in [0.3, 0.4) is 0 Å². The topological polar surface area (TPSA) is 61.4 Å². The number of halogens is 4. The van der Waals surface area contributed by atoms with Crippen LogP contribution in [0, 0.1) is 0 Å². The summed E-state index contributed by atoms with van der Waals surface area (Å²) in [7, 11) is 0. The molecule has 0 radical (unpaired) electrons. The Balaban J connectivity index is 1.25. The number of alkyl halides is 3. The molecule has 1 fully saturated rings. The Kier molecular flexibility index (Phi) is 6.40. The van der Waals surface area contributed by atoms with Crippen LogP contribution in [-0.4, -0.2) is 47.0 Å². The van der Waals surface area contributed by atoms with E-state index in [9.17, 15) is 18.0 Å². The molecule has 3 heterocycles. The van der Waals surface area contributed by atoms with Gasteiger partial charge in [-0.15, -0.1) is 0 Å². The minimum absolute atomic E-state index is 0.0608. The molecule has 184 valence electrons. The van der Waals surface area contributed by atoms with E-state index in [1.165, 1.54) is 12.3 Å². The molecule has 1 saturated heterocycles. The van der Waals surface area contributed by atoms with Crippen LogP contribution in [0.25, 0.3) is 10.9 Å². The lowest BCUT2D eigenvalue weighted by Gasteiger charge is -2.35. The number of rotatable bonds is 4. The fourth-order valence-electron chi connectivity index (χ4n) is 4.17. The van der Waals surface area contributed by atoms with Crippen molar-refractivity contribution in [1.82, 2.24) is 14.9 Å². The molecule has 0 aliphatic carbocycles. The molecule has 0 bridgehead atoms. The van der Waals surface area contributed by atoms with Crippen LogP contribution in [0.15, 0.2) is 73.1 Å². The van der Waals surface area contributed by atoms with E-state index in [0.29, 0.717) is 53.5 Å². The first-order chi connectivity index (χ1) is 17.3. The molecule has 0 spiro atoms. The number of carbonyl (C=O) groups is 1. The molecule has 1 aliphatic rings. The fraction of sp³-hybridized carbons (Fsp3) is 0.192. The Bertz CT molecular complexity index is 1400. The second kappa shape index (κ2) is 9.66. The van der Waals surface area contributed by atoms with Crippen molar-refractivity contribution in [2.75, 3.05) is 36.4 Å². The molecule has 5 rings (SSSR count). The van der Waals surface area contributed by atoms with E-state index in [0.717, 1.165) is 18.0 Å². The number of nitrogens with zero attached hydrogens (tertiary/aromatic N) is 4. The van der Waals surface area contributed by atoms with Gasteiger partial charge in [0.15, 0.2) is 0 Å². The molecular weight excluding hydrogens is 491 g/mol. The summed E-state index contributed by atoms with van der Waals surface area (Å²) in [6, 6.07) is 15.7. The van der Waals surface area contributed by atoms with Crippen molar-refractivity contribution in [3.05, 3.63) is 89.2 Å². The molecule has 0 unspecified atom stereocenters. The normalized spacial score (nSPS) is 14.2. The molecule has 0 saturated carbocycles. The number of aromatic nitrogens is 2. The van der Waals surface area contributed by atoms with E-state index in [2.05, 4.69) is 20.2 Å². The van der Waals surface area contributed by atoms with Gasteiger partial charge in [0.2, 0.25) is 0 Å². The monoisotopic (exact) mass is 511 g/mol. The van der Waals surface area contributed by atoms with Crippen molar-refractivity contribution < 1.29 is 18.0 Å². The second-order valence-corrected chi connectivity index (χ2v) is 8.84. The molecule has 4 aromatic rings. The van der Waals surface area contributed by atoms with Crippen molar-refractivity contribution in [3.63, 3.8) is 0 Å². The number of fused-ring (bicyclic) bond motifs is 1. The van der Waals surface area contributed by atoms with Gasteiger partial charge in [-0.05, 0) is 54.6 Å². The minimum Gasteiger partial charge on any atom is -0.355 e.